The van der Waals surface area contributed by atoms with Gasteiger partial charge in [0.25, 0.3) is 5.91 Å². The molecule has 1 saturated carbocycles. The third-order valence-corrected chi connectivity index (χ3v) is 4.41. The van der Waals surface area contributed by atoms with Gasteiger partial charge in [0.1, 0.15) is 23.0 Å². The van der Waals surface area contributed by atoms with Crippen molar-refractivity contribution < 1.29 is 26.7 Å². The summed E-state index contributed by atoms with van der Waals surface area (Å²) >= 11 is 0. The molecule has 27 heavy (non-hydrogen) atoms. The van der Waals surface area contributed by atoms with E-state index in [0.717, 1.165) is 31.4 Å². The highest BCUT2D eigenvalue weighted by atomic mass is 19.4. The lowest BCUT2D eigenvalue weighted by atomic mass is 9.93. The van der Waals surface area contributed by atoms with Crippen molar-refractivity contribution in [2.24, 2.45) is 5.73 Å². The van der Waals surface area contributed by atoms with Crippen LogP contribution in [0, 0.1) is 17.0 Å². The molecule has 0 saturated heterocycles. The lowest BCUT2D eigenvalue weighted by Gasteiger charge is -2.34. The molecular formula is C18H20F5N3O. The fourth-order valence-corrected chi connectivity index (χ4v) is 3.11. The smallest absolute Gasteiger partial charge is 0.395 e. The van der Waals surface area contributed by atoms with E-state index in [-0.39, 0.29) is 24.2 Å². The number of allylic oxidation sites excluding steroid dienone is 1. The van der Waals surface area contributed by atoms with Crippen LogP contribution in [0.25, 0.3) is 0 Å². The highest BCUT2D eigenvalue weighted by Crippen LogP contribution is 2.26. The van der Waals surface area contributed by atoms with Crippen LogP contribution in [0.1, 0.15) is 37.7 Å². The zero-order valence-corrected chi connectivity index (χ0v) is 14.5. The summed E-state index contributed by atoms with van der Waals surface area (Å²) in [6.45, 7) is -0.208. The van der Waals surface area contributed by atoms with Gasteiger partial charge in [0, 0.05) is 18.7 Å². The van der Waals surface area contributed by atoms with Crippen molar-refractivity contribution in [1.29, 1.82) is 5.41 Å². The van der Waals surface area contributed by atoms with Crippen molar-refractivity contribution in [3.05, 3.63) is 47.2 Å². The minimum atomic E-state index is -4.85. The molecule has 1 aromatic carbocycles. The molecule has 2 rings (SSSR count). The zero-order chi connectivity index (χ0) is 20.2. The molecule has 0 atom stereocenters. The molecule has 0 radical (unpaired) electrons. The SMILES string of the molecule is N=C(C=C(N)C(F)(F)F)C(=O)N(Cc1cc(F)cc(F)c1)C1CCCCC1. The Morgan fingerprint density at radius 3 is 2.22 bits per heavy atom. The molecule has 0 heterocycles. The third-order valence-electron chi connectivity index (χ3n) is 4.41. The lowest BCUT2D eigenvalue weighted by Crippen LogP contribution is -2.44. The van der Waals surface area contributed by atoms with E-state index in [1.165, 1.54) is 4.90 Å². The highest BCUT2D eigenvalue weighted by molar-refractivity contribution is 6.42. The van der Waals surface area contributed by atoms with Gasteiger partial charge in [0.05, 0.1) is 0 Å². The Morgan fingerprint density at radius 1 is 1.15 bits per heavy atom. The predicted octanol–water partition coefficient (Wildman–Crippen LogP) is 4.05. The van der Waals surface area contributed by atoms with Crippen molar-refractivity contribution in [3.63, 3.8) is 0 Å². The summed E-state index contributed by atoms with van der Waals surface area (Å²) in [6, 6.07) is 2.47. The van der Waals surface area contributed by atoms with Crippen molar-refractivity contribution in [3.8, 4) is 0 Å². The molecular weight excluding hydrogens is 369 g/mol. The van der Waals surface area contributed by atoms with Gasteiger partial charge in [0.2, 0.25) is 0 Å². The number of benzene rings is 1. The van der Waals surface area contributed by atoms with Crippen molar-refractivity contribution in [2.75, 3.05) is 0 Å². The number of hydrogen-bond acceptors (Lipinski definition) is 3. The largest absolute Gasteiger partial charge is 0.430 e. The summed E-state index contributed by atoms with van der Waals surface area (Å²) < 4.78 is 64.6. The minimum Gasteiger partial charge on any atom is -0.395 e. The standard InChI is InChI=1S/C18H20F5N3O/c19-12-6-11(7-13(20)8-12)10-26(14-4-2-1-3-5-14)17(27)15(24)9-16(25)18(21,22)23/h6-9,14,24H,1-5,10,25H2. The highest BCUT2D eigenvalue weighted by Gasteiger charge is 2.33. The Balaban J connectivity index is 2.28. The Kier molecular flexibility index (Phi) is 6.56. The molecule has 0 unspecified atom stereocenters. The Hall–Kier alpha value is -2.45. The van der Waals surface area contributed by atoms with E-state index in [9.17, 15) is 26.7 Å². The predicted molar refractivity (Wildman–Crippen MR) is 89.8 cm³/mol. The Labute approximate surface area is 153 Å². The number of carbonyl (C=O) groups excluding carboxylic acids is 1. The van der Waals surface area contributed by atoms with Gasteiger partial charge in [-0.05, 0) is 36.6 Å². The van der Waals surface area contributed by atoms with E-state index in [4.69, 9.17) is 11.1 Å². The summed E-state index contributed by atoms with van der Waals surface area (Å²) in [6.07, 6.45) is -0.770. The molecule has 1 aliphatic rings. The molecule has 148 valence electrons. The second kappa shape index (κ2) is 8.49. The molecule has 1 aliphatic carbocycles. The van der Waals surface area contributed by atoms with Crippen molar-refractivity contribution in [1.82, 2.24) is 4.90 Å². The molecule has 9 heteroatoms. The first-order chi connectivity index (χ1) is 12.6. The molecule has 0 spiro atoms. The van der Waals surface area contributed by atoms with E-state index < -0.39 is 35.1 Å². The number of amides is 1. The summed E-state index contributed by atoms with van der Waals surface area (Å²) in [4.78, 5) is 13.8. The second-order valence-electron chi connectivity index (χ2n) is 6.51. The summed E-state index contributed by atoms with van der Waals surface area (Å²) in [5.41, 5.74) is 2.57. The first-order valence-electron chi connectivity index (χ1n) is 8.47. The van der Waals surface area contributed by atoms with Crippen LogP contribution in [0.3, 0.4) is 0 Å². The van der Waals surface area contributed by atoms with Crippen LogP contribution in [0.2, 0.25) is 0 Å². The maximum atomic E-state index is 13.4. The van der Waals surface area contributed by atoms with Crippen LogP contribution in [-0.2, 0) is 11.3 Å². The number of alkyl halides is 3. The van der Waals surface area contributed by atoms with Gasteiger partial charge in [-0.2, -0.15) is 13.2 Å². The molecule has 1 aromatic rings. The van der Waals surface area contributed by atoms with Crippen LogP contribution in [-0.4, -0.2) is 28.7 Å². The van der Waals surface area contributed by atoms with Crippen LogP contribution in [0.4, 0.5) is 22.0 Å². The monoisotopic (exact) mass is 389 g/mol. The zero-order valence-electron chi connectivity index (χ0n) is 14.5. The topological polar surface area (TPSA) is 70.2 Å². The van der Waals surface area contributed by atoms with Crippen molar-refractivity contribution >= 4 is 11.6 Å². The first kappa shape index (κ1) is 20.9. The third kappa shape index (κ3) is 5.77. The van der Waals surface area contributed by atoms with Crippen LogP contribution in [0.5, 0.6) is 0 Å². The molecule has 1 amide bonds. The van der Waals surface area contributed by atoms with Gasteiger partial charge in [-0.3, -0.25) is 10.2 Å². The number of carbonyl (C=O) groups is 1. The average Bonchev–Trinajstić information content (AvgIpc) is 2.58. The van der Waals surface area contributed by atoms with E-state index >= 15 is 0 Å². The lowest BCUT2D eigenvalue weighted by molar-refractivity contribution is -0.127. The van der Waals surface area contributed by atoms with E-state index in [1.54, 1.807) is 0 Å². The number of nitrogens with one attached hydrogen (secondary N) is 1. The van der Waals surface area contributed by atoms with Crippen LogP contribution >= 0.6 is 0 Å². The maximum absolute atomic E-state index is 13.4. The molecule has 0 aliphatic heterocycles. The Bertz CT molecular complexity index is 719. The van der Waals surface area contributed by atoms with Crippen LogP contribution in [0.15, 0.2) is 30.0 Å². The van der Waals surface area contributed by atoms with Gasteiger partial charge in [-0.25, -0.2) is 8.78 Å². The molecule has 0 aromatic heterocycles. The molecule has 4 nitrogen and oxygen atoms in total. The Morgan fingerprint density at radius 2 is 1.70 bits per heavy atom. The number of rotatable bonds is 5. The van der Waals surface area contributed by atoms with Crippen molar-refractivity contribution in [2.45, 2.75) is 50.9 Å². The summed E-state index contributed by atoms with van der Waals surface area (Å²) in [5.74, 6) is -2.60. The van der Waals surface area contributed by atoms with Gasteiger partial charge in [-0.1, -0.05) is 19.3 Å². The van der Waals surface area contributed by atoms with Gasteiger partial charge < -0.3 is 10.6 Å². The number of nitrogens with two attached hydrogens (primary N) is 1. The van der Waals surface area contributed by atoms with Gasteiger partial charge in [-0.15, -0.1) is 0 Å². The summed E-state index contributed by atoms with van der Waals surface area (Å²) in [5, 5.41) is 7.71. The first-order valence-corrected chi connectivity index (χ1v) is 8.47. The molecule has 1 fully saturated rings. The number of nitrogens with zero attached hydrogens (tertiary/aromatic N) is 1. The number of halogens is 5. The maximum Gasteiger partial charge on any atom is 0.430 e. The summed E-state index contributed by atoms with van der Waals surface area (Å²) in [7, 11) is 0. The fraction of sp³-hybridized carbons (Fsp3) is 0.444. The normalized spacial score (nSPS) is 16.3. The van der Waals surface area contributed by atoms with E-state index in [0.29, 0.717) is 18.9 Å². The quantitative estimate of drug-likeness (QED) is 0.589. The average molecular weight is 389 g/mol. The second-order valence-corrected chi connectivity index (χ2v) is 6.51. The number of hydrogen-bond donors (Lipinski definition) is 2. The van der Waals surface area contributed by atoms with E-state index in [1.807, 2.05) is 0 Å². The van der Waals surface area contributed by atoms with Gasteiger partial charge in [0.15, 0.2) is 0 Å². The van der Waals surface area contributed by atoms with Gasteiger partial charge >= 0.3 is 6.18 Å². The molecule has 3 N–H and O–H groups in total. The fourth-order valence-electron chi connectivity index (χ4n) is 3.11. The van der Waals surface area contributed by atoms with E-state index in [2.05, 4.69) is 0 Å². The minimum absolute atomic E-state index is 0.159. The van der Waals surface area contributed by atoms with Crippen LogP contribution < -0.4 is 5.73 Å². The molecule has 0 bridgehead atoms.